The fraction of sp³-hybridized carbons (Fsp3) is 0.190. The van der Waals surface area contributed by atoms with E-state index in [2.05, 4.69) is 5.10 Å². The molecule has 150 valence electrons. The Kier molecular flexibility index (Phi) is 6.01. The second-order valence-electron chi connectivity index (χ2n) is 5.96. The van der Waals surface area contributed by atoms with Gasteiger partial charge in [-0.2, -0.15) is 5.10 Å². The van der Waals surface area contributed by atoms with Crippen LogP contribution in [0.1, 0.15) is 34.7 Å². The van der Waals surface area contributed by atoms with Crippen LogP contribution in [0, 0.1) is 11.6 Å². The highest BCUT2D eigenvalue weighted by Crippen LogP contribution is 2.27. The maximum absolute atomic E-state index is 13.6. The number of benzene rings is 2. The van der Waals surface area contributed by atoms with Crippen LogP contribution in [-0.4, -0.2) is 34.9 Å². The van der Waals surface area contributed by atoms with Crippen LogP contribution in [0.5, 0.6) is 0 Å². The highest BCUT2D eigenvalue weighted by molar-refractivity contribution is 5.97. The molecule has 0 aliphatic carbocycles. The number of halogens is 2. The van der Waals surface area contributed by atoms with Crippen molar-refractivity contribution in [2.75, 3.05) is 13.2 Å². The third-order valence-corrected chi connectivity index (χ3v) is 4.04. The van der Waals surface area contributed by atoms with Gasteiger partial charge in [0.2, 0.25) is 0 Å². The summed E-state index contributed by atoms with van der Waals surface area (Å²) < 4.78 is 38.2. The van der Waals surface area contributed by atoms with Gasteiger partial charge in [0.05, 0.1) is 24.5 Å². The van der Waals surface area contributed by atoms with Crippen molar-refractivity contribution >= 4 is 11.9 Å². The Morgan fingerprint density at radius 1 is 0.966 bits per heavy atom. The fourth-order valence-electron chi connectivity index (χ4n) is 2.72. The topological polar surface area (TPSA) is 70.4 Å². The summed E-state index contributed by atoms with van der Waals surface area (Å²) in [5.41, 5.74) is 1.41. The lowest BCUT2D eigenvalue weighted by molar-refractivity contribution is 0.0513. The highest BCUT2D eigenvalue weighted by atomic mass is 19.2. The zero-order chi connectivity index (χ0) is 21.0. The van der Waals surface area contributed by atoms with Crippen molar-refractivity contribution in [2.24, 2.45) is 0 Å². The first-order valence-electron chi connectivity index (χ1n) is 8.94. The molecule has 1 heterocycles. The summed E-state index contributed by atoms with van der Waals surface area (Å²) in [6.07, 6.45) is 1.49. The van der Waals surface area contributed by atoms with Gasteiger partial charge in [0.25, 0.3) is 0 Å². The minimum absolute atomic E-state index is 0.0161. The number of hydrogen-bond acceptors (Lipinski definition) is 5. The smallest absolute Gasteiger partial charge is 0.359 e. The van der Waals surface area contributed by atoms with Crippen molar-refractivity contribution in [3.05, 3.63) is 71.6 Å². The van der Waals surface area contributed by atoms with E-state index in [-0.39, 0.29) is 24.6 Å². The average molecular weight is 400 g/mol. The van der Waals surface area contributed by atoms with Gasteiger partial charge in [0.15, 0.2) is 17.3 Å². The van der Waals surface area contributed by atoms with Gasteiger partial charge in [-0.05, 0) is 43.7 Å². The maximum Gasteiger partial charge on any atom is 0.359 e. The van der Waals surface area contributed by atoms with Crippen molar-refractivity contribution < 1.29 is 27.8 Å². The summed E-state index contributed by atoms with van der Waals surface area (Å²) in [7, 11) is 0. The lowest BCUT2D eigenvalue weighted by Gasteiger charge is -2.05. The minimum Gasteiger partial charge on any atom is -0.462 e. The number of rotatable bonds is 6. The molecule has 0 N–H and O–H groups in total. The summed E-state index contributed by atoms with van der Waals surface area (Å²) in [5.74, 6) is -3.21. The molecule has 0 saturated heterocycles. The number of carbonyl (C=O) groups is 2. The van der Waals surface area contributed by atoms with Crippen LogP contribution in [0.15, 0.2) is 48.7 Å². The van der Waals surface area contributed by atoms with Gasteiger partial charge in [0, 0.05) is 17.8 Å². The summed E-state index contributed by atoms with van der Waals surface area (Å²) in [4.78, 5) is 24.4. The number of hydrogen-bond donors (Lipinski definition) is 0. The van der Waals surface area contributed by atoms with Gasteiger partial charge in [-0.15, -0.1) is 0 Å². The highest BCUT2D eigenvalue weighted by Gasteiger charge is 2.21. The van der Waals surface area contributed by atoms with Gasteiger partial charge >= 0.3 is 11.9 Å². The predicted molar refractivity (Wildman–Crippen MR) is 101 cm³/mol. The Labute approximate surface area is 165 Å². The molecule has 3 rings (SSSR count). The van der Waals surface area contributed by atoms with Crippen LogP contribution in [-0.2, 0) is 9.47 Å². The molecule has 3 aromatic rings. The molecule has 2 aromatic carbocycles. The minimum atomic E-state index is -1.04. The number of nitrogens with zero attached hydrogens (tertiary/aromatic N) is 2. The molecule has 29 heavy (non-hydrogen) atoms. The van der Waals surface area contributed by atoms with E-state index in [0.717, 1.165) is 12.1 Å². The monoisotopic (exact) mass is 400 g/mol. The van der Waals surface area contributed by atoms with E-state index in [4.69, 9.17) is 9.47 Å². The van der Waals surface area contributed by atoms with E-state index in [0.29, 0.717) is 16.7 Å². The SMILES string of the molecule is CCOC(=O)c1cccc(-c2cn(-c3ccc(F)c(F)c3)nc2C(=O)OCC)c1. The third-order valence-electron chi connectivity index (χ3n) is 4.04. The van der Waals surface area contributed by atoms with Gasteiger partial charge in [-0.25, -0.2) is 23.1 Å². The Morgan fingerprint density at radius 2 is 1.69 bits per heavy atom. The molecule has 0 unspecified atom stereocenters. The molecule has 1 aromatic heterocycles. The maximum atomic E-state index is 13.6. The van der Waals surface area contributed by atoms with Crippen LogP contribution < -0.4 is 0 Å². The molecule has 0 radical (unpaired) electrons. The molecule has 6 nitrogen and oxygen atoms in total. The molecule has 0 bridgehead atoms. The third kappa shape index (κ3) is 4.31. The first kappa shape index (κ1) is 20.2. The normalized spacial score (nSPS) is 10.6. The molecule has 0 aliphatic rings. The van der Waals surface area contributed by atoms with Crippen LogP contribution in [0.25, 0.3) is 16.8 Å². The molecule has 8 heteroatoms. The van der Waals surface area contributed by atoms with Crippen LogP contribution in [0.4, 0.5) is 8.78 Å². The molecule has 0 atom stereocenters. The zero-order valence-corrected chi connectivity index (χ0v) is 15.8. The largest absolute Gasteiger partial charge is 0.462 e. The molecule has 0 fully saturated rings. The first-order valence-corrected chi connectivity index (χ1v) is 8.94. The van der Waals surface area contributed by atoms with Crippen molar-refractivity contribution in [1.82, 2.24) is 9.78 Å². The molecule has 0 aliphatic heterocycles. The van der Waals surface area contributed by atoms with E-state index >= 15 is 0 Å². The number of esters is 2. The standard InChI is InChI=1S/C21H18F2N2O4/c1-3-28-20(26)14-7-5-6-13(10-14)16-12-25(24-19(16)21(27)29-4-2)15-8-9-17(22)18(23)11-15/h5-12H,3-4H2,1-2H3. The van der Waals surface area contributed by atoms with Gasteiger partial charge < -0.3 is 9.47 Å². The van der Waals surface area contributed by atoms with Crippen molar-refractivity contribution in [3.8, 4) is 16.8 Å². The van der Waals surface area contributed by atoms with E-state index in [1.165, 1.54) is 16.9 Å². The van der Waals surface area contributed by atoms with Crippen LogP contribution in [0.2, 0.25) is 0 Å². The lowest BCUT2D eigenvalue weighted by atomic mass is 10.0. The van der Waals surface area contributed by atoms with E-state index in [9.17, 15) is 18.4 Å². The number of ether oxygens (including phenoxy) is 2. The molecular weight excluding hydrogens is 382 g/mol. The van der Waals surface area contributed by atoms with Crippen LogP contribution >= 0.6 is 0 Å². The molecule has 0 spiro atoms. The summed E-state index contributed by atoms with van der Waals surface area (Å²) >= 11 is 0. The Hall–Kier alpha value is -3.55. The first-order chi connectivity index (χ1) is 13.9. The lowest BCUT2D eigenvalue weighted by Crippen LogP contribution is -2.08. The van der Waals surface area contributed by atoms with Gasteiger partial charge in [0.1, 0.15) is 0 Å². The Balaban J connectivity index is 2.11. The van der Waals surface area contributed by atoms with Crippen molar-refractivity contribution in [1.29, 1.82) is 0 Å². The van der Waals surface area contributed by atoms with Gasteiger partial charge in [-0.1, -0.05) is 12.1 Å². The number of aromatic nitrogens is 2. The number of carbonyl (C=O) groups excluding carboxylic acids is 2. The Morgan fingerprint density at radius 3 is 2.38 bits per heavy atom. The average Bonchev–Trinajstić information content (AvgIpc) is 3.16. The Bertz CT molecular complexity index is 1060. The van der Waals surface area contributed by atoms with E-state index in [1.54, 1.807) is 38.1 Å². The summed E-state index contributed by atoms with van der Waals surface area (Å²) in [6.45, 7) is 3.72. The summed E-state index contributed by atoms with van der Waals surface area (Å²) in [6, 6.07) is 9.76. The fourth-order valence-corrected chi connectivity index (χ4v) is 2.72. The van der Waals surface area contributed by atoms with Gasteiger partial charge in [-0.3, -0.25) is 0 Å². The second-order valence-corrected chi connectivity index (χ2v) is 5.96. The van der Waals surface area contributed by atoms with Crippen LogP contribution in [0.3, 0.4) is 0 Å². The van der Waals surface area contributed by atoms with E-state index in [1.807, 2.05) is 0 Å². The molecule has 0 amide bonds. The van der Waals surface area contributed by atoms with E-state index < -0.39 is 23.6 Å². The predicted octanol–water partition coefficient (Wildman–Crippen LogP) is 4.17. The van der Waals surface area contributed by atoms with Crippen molar-refractivity contribution in [2.45, 2.75) is 13.8 Å². The molecular formula is C21H18F2N2O4. The summed E-state index contributed by atoms with van der Waals surface area (Å²) in [5, 5.41) is 4.19. The second kappa shape index (κ2) is 8.64. The zero-order valence-electron chi connectivity index (χ0n) is 15.8. The molecule has 0 saturated carbocycles. The van der Waals surface area contributed by atoms with Crippen molar-refractivity contribution in [3.63, 3.8) is 0 Å². The quantitative estimate of drug-likeness (QED) is 0.581.